The number of carboxylic acids is 1. The first-order chi connectivity index (χ1) is 8.02. The Balaban J connectivity index is 2.30. The fraction of sp³-hybridized carbons (Fsp3) is 0.833. The quantitative estimate of drug-likeness (QED) is 0.749. The van der Waals surface area contributed by atoms with Crippen molar-refractivity contribution in [2.75, 3.05) is 13.6 Å². The number of carbonyl (C=O) groups excluding carboxylic acids is 1. The minimum atomic E-state index is -0.961. The second-order valence-corrected chi connectivity index (χ2v) is 4.70. The van der Waals surface area contributed by atoms with Gasteiger partial charge in [0.05, 0.1) is 0 Å². The van der Waals surface area contributed by atoms with Crippen LogP contribution in [0.5, 0.6) is 0 Å². The second kappa shape index (κ2) is 6.59. The Morgan fingerprint density at radius 1 is 1.47 bits per heavy atom. The lowest BCUT2D eigenvalue weighted by molar-refractivity contribution is -0.148. The highest BCUT2D eigenvalue weighted by Gasteiger charge is 2.22. The molecule has 0 aromatic heterocycles. The van der Waals surface area contributed by atoms with Crippen molar-refractivity contribution >= 4 is 11.9 Å². The van der Waals surface area contributed by atoms with E-state index in [4.69, 9.17) is 5.11 Å². The lowest BCUT2D eigenvalue weighted by atomic mass is 10.0. The standard InChI is InChI=1S/C12H22N2O3/c1-9(12(16)17)14(2)11(15)7-6-10-5-3-4-8-13-10/h9-10,13H,3-8H2,1-2H3,(H,16,17). The Morgan fingerprint density at radius 2 is 2.18 bits per heavy atom. The maximum Gasteiger partial charge on any atom is 0.326 e. The van der Waals surface area contributed by atoms with Gasteiger partial charge in [0.2, 0.25) is 5.91 Å². The molecule has 1 heterocycles. The number of hydrogen-bond donors (Lipinski definition) is 2. The fourth-order valence-electron chi connectivity index (χ4n) is 2.03. The topological polar surface area (TPSA) is 69.6 Å². The van der Waals surface area contributed by atoms with Crippen LogP contribution in [0.1, 0.15) is 39.0 Å². The Bertz CT molecular complexity index is 275. The molecule has 2 unspecified atom stereocenters. The minimum absolute atomic E-state index is 0.0905. The van der Waals surface area contributed by atoms with Gasteiger partial charge < -0.3 is 15.3 Å². The van der Waals surface area contributed by atoms with E-state index in [9.17, 15) is 9.59 Å². The van der Waals surface area contributed by atoms with Crippen molar-refractivity contribution in [3.8, 4) is 0 Å². The Kier molecular flexibility index (Phi) is 5.41. The first kappa shape index (κ1) is 14.0. The third-order valence-corrected chi connectivity index (χ3v) is 3.45. The van der Waals surface area contributed by atoms with E-state index in [1.807, 2.05) is 0 Å². The number of aliphatic carboxylic acids is 1. The molecule has 0 saturated carbocycles. The maximum atomic E-state index is 11.8. The van der Waals surface area contributed by atoms with Crippen molar-refractivity contribution in [3.05, 3.63) is 0 Å². The molecule has 1 amide bonds. The van der Waals surface area contributed by atoms with Gasteiger partial charge >= 0.3 is 5.97 Å². The molecule has 0 radical (unpaired) electrons. The van der Waals surface area contributed by atoms with E-state index in [2.05, 4.69) is 5.32 Å². The lowest BCUT2D eigenvalue weighted by Gasteiger charge is -2.25. The van der Waals surface area contributed by atoms with E-state index in [0.717, 1.165) is 19.4 Å². The van der Waals surface area contributed by atoms with E-state index in [-0.39, 0.29) is 5.91 Å². The Labute approximate surface area is 102 Å². The van der Waals surface area contributed by atoms with E-state index < -0.39 is 12.0 Å². The molecule has 2 N–H and O–H groups in total. The van der Waals surface area contributed by atoms with Crippen molar-refractivity contribution < 1.29 is 14.7 Å². The first-order valence-electron chi connectivity index (χ1n) is 6.24. The normalized spacial score (nSPS) is 21.9. The highest BCUT2D eigenvalue weighted by atomic mass is 16.4. The number of piperidine rings is 1. The molecular weight excluding hydrogens is 220 g/mol. The van der Waals surface area contributed by atoms with Gasteiger partial charge in [-0.3, -0.25) is 4.79 Å². The summed E-state index contributed by atoms with van der Waals surface area (Å²) >= 11 is 0. The van der Waals surface area contributed by atoms with Crippen LogP contribution < -0.4 is 5.32 Å². The fourth-order valence-corrected chi connectivity index (χ4v) is 2.03. The number of carboxylic acid groups (broad SMARTS) is 1. The van der Waals surface area contributed by atoms with Crippen LogP contribution in [0.3, 0.4) is 0 Å². The van der Waals surface area contributed by atoms with Crippen LogP contribution in [0.25, 0.3) is 0 Å². The van der Waals surface area contributed by atoms with E-state index in [1.54, 1.807) is 7.05 Å². The summed E-state index contributed by atoms with van der Waals surface area (Å²) in [5, 5.41) is 12.2. The largest absolute Gasteiger partial charge is 0.480 e. The summed E-state index contributed by atoms with van der Waals surface area (Å²) in [6, 6.07) is -0.331. The summed E-state index contributed by atoms with van der Waals surface area (Å²) < 4.78 is 0. The van der Waals surface area contributed by atoms with Crippen LogP contribution in [-0.2, 0) is 9.59 Å². The number of hydrogen-bond acceptors (Lipinski definition) is 3. The van der Waals surface area contributed by atoms with Gasteiger partial charge in [0.15, 0.2) is 0 Å². The molecule has 1 rings (SSSR count). The summed E-state index contributed by atoms with van der Waals surface area (Å²) in [6.45, 7) is 2.55. The number of carbonyl (C=O) groups is 2. The van der Waals surface area contributed by atoms with Crippen LogP contribution >= 0.6 is 0 Å². The molecule has 5 nitrogen and oxygen atoms in total. The van der Waals surface area contributed by atoms with Gasteiger partial charge in [0, 0.05) is 19.5 Å². The van der Waals surface area contributed by atoms with Crippen molar-refractivity contribution in [3.63, 3.8) is 0 Å². The highest BCUT2D eigenvalue weighted by molar-refractivity contribution is 5.83. The summed E-state index contributed by atoms with van der Waals surface area (Å²) in [6.07, 6.45) is 4.76. The summed E-state index contributed by atoms with van der Waals surface area (Å²) in [7, 11) is 1.55. The SMILES string of the molecule is CC(C(=O)O)N(C)C(=O)CCC1CCCCN1. The molecule has 98 valence electrons. The first-order valence-corrected chi connectivity index (χ1v) is 6.24. The van der Waals surface area contributed by atoms with Crippen molar-refractivity contribution in [1.29, 1.82) is 0 Å². The summed E-state index contributed by atoms with van der Waals surface area (Å²) in [5.41, 5.74) is 0. The van der Waals surface area contributed by atoms with Gasteiger partial charge in [-0.1, -0.05) is 6.42 Å². The average molecular weight is 242 g/mol. The van der Waals surface area contributed by atoms with Gasteiger partial charge in [-0.15, -0.1) is 0 Å². The average Bonchev–Trinajstić information content (AvgIpc) is 2.35. The van der Waals surface area contributed by atoms with Crippen molar-refractivity contribution in [2.24, 2.45) is 0 Å². The van der Waals surface area contributed by atoms with Crippen molar-refractivity contribution in [1.82, 2.24) is 10.2 Å². The van der Waals surface area contributed by atoms with Crippen LogP contribution in [0, 0.1) is 0 Å². The third-order valence-electron chi connectivity index (χ3n) is 3.45. The summed E-state index contributed by atoms with van der Waals surface area (Å²) in [5.74, 6) is -1.05. The number of amides is 1. The predicted molar refractivity (Wildman–Crippen MR) is 64.7 cm³/mol. The minimum Gasteiger partial charge on any atom is -0.480 e. The number of nitrogens with one attached hydrogen (secondary N) is 1. The number of nitrogens with zero attached hydrogens (tertiary/aromatic N) is 1. The molecule has 0 aliphatic carbocycles. The molecule has 1 saturated heterocycles. The number of rotatable bonds is 5. The zero-order chi connectivity index (χ0) is 12.8. The molecule has 17 heavy (non-hydrogen) atoms. The van der Waals surface area contributed by atoms with E-state index >= 15 is 0 Å². The van der Waals surface area contributed by atoms with Crippen LogP contribution in [0.2, 0.25) is 0 Å². The van der Waals surface area contributed by atoms with E-state index in [0.29, 0.717) is 12.5 Å². The molecular formula is C12H22N2O3. The molecule has 1 aliphatic heterocycles. The summed E-state index contributed by atoms with van der Waals surface area (Å²) in [4.78, 5) is 23.8. The van der Waals surface area contributed by atoms with Gasteiger partial charge in [0.25, 0.3) is 0 Å². The van der Waals surface area contributed by atoms with Crippen molar-refractivity contribution in [2.45, 2.75) is 51.1 Å². The number of likely N-dealkylation sites (N-methyl/N-ethyl adjacent to an activating group) is 1. The molecule has 0 spiro atoms. The Morgan fingerprint density at radius 3 is 2.71 bits per heavy atom. The lowest BCUT2D eigenvalue weighted by Crippen LogP contribution is -2.41. The van der Waals surface area contributed by atoms with Gasteiger partial charge in [-0.05, 0) is 32.7 Å². The van der Waals surface area contributed by atoms with E-state index in [1.165, 1.54) is 24.7 Å². The predicted octanol–water partition coefficient (Wildman–Crippen LogP) is 0.840. The smallest absolute Gasteiger partial charge is 0.326 e. The maximum absolute atomic E-state index is 11.8. The molecule has 0 bridgehead atoms. The molecule has 0 aromatic carbocycles. The van der Waals surface area contributed by atoms with Crippen LogP contribution in [0.4, 0.5) is 0 Å². The zero-order valence-corrected chi connectivity index (χ0v) is 10.6. The van der Waals surface area contributed by atoms with Crippen LogP contribution in [0.15, 0.2) is 0 Å². The second-order valence-electron chi connectivity index (χ2n) is 4.70. The molecule has 2 atom stereocenters. The molecule has 1 fully saturated rings. The molecule has 0 aromatic rings. The highest BCUT2D eigenvalue weighted by Crippen LogP contribution is 2.13. The molecule has 1 aliphatic rings. The zero-order valence-electron chi connectivity index (χ0n) is 10.6. The Hall–Kier alpha value is -1.10. The van der Waals surface area contributed by atoms with Gasteiger partial charge in [-0.2, -0.15) is 0 Å². The van der Waals surface area contributed by atoms with Gasteiger partial charge in [-0.25, -0.2) is 4.79 Å². The monoisotopic (exact) mass is 242 g/mol. The van der Waals surface area contributed by atoms with Crippen LogP contribution in [-0.4, -0.2) is 47.6 Å². The third kappa shape index (κ3) is 4.34. The van der Waals surface area contributed by atoms with Gasteiger partial charge in [0.1, 0.15) is 6.04 Å². The molecule has 5 heteroatoms.